The molecule has 2 heterocycles. The number of fused-ring (bicyclic) bond motifs is 7. The average Bonchev–Trinajstić information content (AvgIpc) is 3.82. The van der Waals surface area contributed by atoms with Crippen LogP contribution < -0.4 is 4.90 Å². The molecule has 0 radical (unpaired) electrons. The smallest absolute Gasteiger partial charge is 0.0540 e. The Morgan fingerprint density at radius 3 is 1.78 bits per heavy atom. The molecule has 1 nitrogen and oxygen atoms in total. The molecule has 0 amide bonds. The summed E-state index contributed by atoms with van der Waals surface area (Å²) in [5, 5.41) is 7.76. The van der Waals surface area contributed by atoms with E-state index in [-0.39, 0.29) is 0 Å². The van der Waals surface area contributed by atoms with Gasteiger partial charge in [0.05, 0.1) is 5.69 Å². The van der Waals surface area contributed by atoms with Gasteiger partial charge in [-0.15, -0.1) is 22.7 Å². The zero-order valence-electron chi connectivity index (χ0n) is 29.8. The van der Waals surface area contributed by atoms with Gasteiger partial charge >= 0.3 is 0 Å². The van der Waals surface area contributed by atoms with Gasteiger partial charge in [0.2, 0.25) is 0 Å². The molecule has 55 heavy (non-hydrogen) atoms. The molecule has 0 bridgehead atoms. The molecule has 11 aromatic rings. The molecule has 0 saturated heterocycles. The van der Waals surface area contributed by atoms with Crippen molar-refractivity contribution < 1.29 is 0 Å². The second-order valence-electron chi connectivity index (χ2n) is 14.1. The molecule has 0 saturated carbocycles. The van der Waals surface area contributed by atoms with Gasteiger partial charge in [0, 0.05) is 57.3 Å². The van der Waals surface area contributed by atoms with Crippen molar-refractivity contribution in [3.63, 3.8) is 0 Å². The van der Waals surface area contributed by atoms with E-state index in [9.17, 15) is 0 Å². The largest absolute Gasteiger partial charge is 0.310 e. The molecule has 0 aliphatic heterocycles. The van der Waals surface area contributed by atoms with Crippen molar-refractivity contribution in [3.8, 4) is 33.4 Å². The molecule has 0 unspecified atom stereocenters. The second kappa shape index (κ2) is 13.1. The summed E-state index contributed by atoms with van der Waals surface area (Å²) in [5.41, 5.74) is 10.7. The lowest BCUT2D eigenvalue weighted by molar-refractivity contribution is 1.28. The van der Waals surface area contributed by atoms with E-state index in [1.807, 2.05) is 22.7 Å². The Bertz CT molecular complexity index is 3220. The van der Waals surface area contributed by atoms with Crippen LogP contribution in [0.5, 0.6) is 0 Å². The summed E-state index contributed by atoms with van der Waals surface area (Å²) in [7, 11) is 0. The molecule has 258 valence electrons. The van der Waals surface area contributed by atoms with Crippen molar-refractivity contribution in [1.29, 1.82) is 0 Å². The van der Waals surface area contributed by atoms with E-state index in [0.717, 1.165) is 17.1 Å². The lowest BCUT2D eigenvalue weighted by atomic mass is 9.95. The van der Waals surface area contributed by atoms with E-state index in [4.69, 9.17) is 0 Å². The van der Waals surface area contributed by atoms with Gasteiger partial charge in [-0.25, -0.2) is 0 Å². The van der Waals surface area contributed by atoms with Crippen LogP contribution in [-0.4, -0.2) is 0 Å². The number of hydrogen-bond donors (Lipinski definition) is 0. The summed E-state index contributed by atoms with van der Waals surface area (Å²) in [6.07, 6.45) is 0. The maximum atomic E-state index is 2.44. The standard InChI is InChI=1S/C52H33NS2/c1-2-16-40-35(12-1)13-10-21-42(40)43-17-3-6-23-48(43)53(38-29-26-34(27-30-38)36-28-31-46-44-18-4-7-24-49(44)54-51(46)33-36)39-15-9-14-37(32-39)41-20-11-22-47-45-19-5-8-25-50(45)55-52(41)47/h1-33H. The number of benzene rings is 9. The Hall–Kier alpha value is -6.52. The molecule has 11 rings (SSSR count). The summed E-state index contributed by atoms with van der Waals surface area (Å²) >= 11 is 3.75. The van der Waals surface area contributed by atoms with Gasteiger partial charge in [-0.2, -0.15) is 0 Å². The highest BCUT2D eigenvalue weighted by atomic mass is 32.1. The predicted octanol–water partition coefficient (Wildman–Crippen LogP) is 16.0. The Morgan fingerprint density at radius 1 is 0.309 bits per heavy atom. The third-order valence-electron chi connectivity index (χ3n) is 10.9. The highest BCUT2D eigenvalue weighted by Gasteiger charge is 2.20. The van der Waals surface area contributed by atoms with Crippen LogP contribution >= 0.6 is 22.7 Å². The number of anilines is 3. The number of para-hydroxylation sites is 1. The first-order valence-electron chi connectivity index (χ1n) is 18.7. The van der Waals surface area contributed by atoms with Crippen LogP contribution in [0.4, 0.5) is 17.1 Å². The molecule has 0 spiro atoms. The van der Waals surface area contributed by atoms with Crippen LogP contribution in [0.15, 0.2) is 200 Å². The quantitative estimate of drug-likeness (QED) is 0.164. The van der Waals surface area contributed by atoms with Gasteiger partial charge in [-0.1, -0.05) is 152 Å². The van der Waals surface area contributed by atoms with E-state index >= 15 is 0 Å². The highest BCUT2D eigenvalue weighted by Crippen LogP contribution is 2.46. The summed E-state index contributed by atoms with van der Waals surface area (Å²) in [4.78, 5) is 2.44. The molecule has 9 aromatic carbocycles. The van der Waals surface area contributed by atoms with E-state index < -0.39 is 0 Å². The number of thiophene rings is 2. The van der Waals surface area contributed by atoms with Gasteiger partial charge in [-0.3, -0.25) is 0 Å². The Morgan fingerprint density at radius 2 is 0.909 bits per heavy atom. The Balaban J connectivity index is 1.08. The molecule has 0 fully saturated rings. The maximum absolute atomic E-state index is 2.44. The molecule has 0 aliphatic rings. The van der Waals surface area contributed by atoms with Gasteiger partial charge in [0.1, 0.15) is 0 Å². The van der Waals surface area contributed by atoms with Crippen LogP contribution in [0.25, 0.3) is 84.5 Å². The van der Waals surface area contributed by atoms with Crippen LogP contribution in [0.1, 0.15) is 0 Å². The molecule has 2 aromatic heterocycles. The summed E-state index contributed by atoms with van der Waals surface area (Å²) in [5.74, 6) is 0. The van der Waals surface area contributed by atoms with Gasteiger partial charge in [-0.05, 0) is 87.1 Å². The van der Waals surface area contributed by atoms with Crippen LogP contribution in [0.3, 0.4) is 0 Å². The van der Waals surface area contributed by atoms with Crippen LogP contribution in [0.2, 0.25) is 0 Å². The number of rotatable bonds is 6. The molecule has 3 heteroatoms. The van der Waals surface area contributed by atoms with E-state index in [0.29, 0.717) is 0 Å². The van der Waals surface area contributed by atoms with Crippen molar-refractivity contribution in [2.75, 3.05) is 4.90 Å². The first-order chi connectivity index (χ1) is 27.3. The minimum Gasteiger partial charge on any atom is -0.310 e. The monoisotopic (exact) mass is 735 g/mol. The maximum Gasteiger partial charge on any atom is 0.0540 e. The van der Waals surface area contributed by atoms with Crippen LogP contribution in [-0.2, 0) is 0 Å². The zero-order valence-corrected chi connectivity index (χ0v) is 31.4. The molecular weight excluding hydrogens is 703 g/mol. The first-order valence-corrected chi connectivity index (χ1v) is 20.3. The average molecular weight is 736 g/mol. The first kappa shape index (κ1) is 32.0. The normalized spacial score (nSPS) is 11.6. The Labute approximate surface area is 327 Å². The van der Waals surface area contributed by atoms with E-state index in [1.54, 1.807) is 0 Å². The Kier molecular flexibility index (Phi) is 7.61. The van der Waals surface area contributed by atoms with Gasteiger partial charge < -0.3 is 4.90 Å². The van der Waals surface area contributed by atoms with Crippen LogP contribution in [0, 0.1) is 0 Å². The topological polar surface area (TPSA) is 3.24 Å². The summed E-state index contributed by atoms with van der Waals surface area (Å²) < 4.78 is 5.29. The third-order valence-corrected chi connectivity index (χ3v) is 13.2. The molecule has 0 atom stereocenters. The van der Waals surface area contributed by atoms with Crippen molar-refractivity contribution >= 4 is 90.9 Å². The number of nitrogens with zero attached hydrogens (tertiary/aromatic N) is 1. The highest BCUT2D eigenvalue weighted by molar-refractivity contribution is 7.26. The fraction of sp³-hybridized carbons (Fsp3) is 0. The fourth-order valence-corrected chi connectivity index (χ4v) is 10.7. The zero-order chi connectivity index (χ0) is 36.3. The van der Waals surface area contributed by atoms with Crippen molar-refractivity contribution in [2.24, 2.45) is 0 Å². The van der Waals surface area contributed by atoms with Crippen molar-refractivity contribution in [3.05, 3.63) is 200 Å². The lowest BCUT2D eigenvalue weighted by Gasteiger charge is -2.29. The minimum atomic E-state index is 1.11. The third kappa shape index (κ3) is 5.43. The number of hydrogen-bond acceptors (Lipinski definition) is 3. The van der Waals surface area contributed by atoms with Crippen molar-refractivity contribution in [2.45, 2.75) is 0 Å². The minimum absolute atomic E-state index is 1.11. The van der Waals surface area contributed by atoms with Gasteiger partial charge in [0.25, 0.3) is 0 Å². The second-order valence-corrected chi connectivity index (χ2v) is 16.2. The fourth-order valence-electron chi connectivity index (χ4n) is 8.28. The molecular formula is C52H33NS2. The SMILES string of the molecule is c1cc(-c2cccc3c2sc2ccccc23)cc(N(c2ccc(-c3ccc4c(c3)sc3ccccc34)cc2)c2ccccc2-c2cccc3ccccc23)c1. The van der Waals surface area contributed by atoms with Crippen molar-refractivity contribution in [1.82, 2.24) is 0 Å². The van der Waals surface area contributed by atoms with E-state index in [1.165, 1.54) is 84.5 Å². The van der Waals surface area contributed by atoms with Gasteiger partial charge in [0.15, 0.2) is 0 Å². The lowest BCUT2D eigenvalue weighted by Crippen LogP contribution is -2.11. The molecule has 0 N–H and O–H groups in total. The summed E-state index contributed by atoms with van der Waals surface area (Å²) in [6, 6.07) is 73.4. The van der Waals surface area contributed by atoms with E-state index in [2.05, 4.69) is 205 Å². The summed E-state index contributed by atoms with van der Waals surface area (Å²) in [6.45, 7) is 0. The predicted molar refractivity (Wildman–Crippen MR) is 241 cm³/mol. The molecule has 0 aliphatic carbocycles.